The van der Waals surface area contributed by atoms with Gasteiger partial charge in [0.2, 0.25) is 0 Å². The summed E-state index contributed by atoms with van der Waals surface area (Å²) in [5, 5.41) is 2.66. The summed E-state index contributed by atoms with van der Waals surface area (Å²) in [7, 11) is 1.58. The average molecular weight is 400 g/mol. The van der Waals surface area contributed by atoms with E-state index < -0.39 is 12.8 Å². The van der Waals surface area contributed by atoms with Crippen LogP contribution < -0.4 is 14.8 Å². The Kier molecular flexibility index (Phi) is 7.48. The summed E-state index contributed by atoms with van der Waals surface area (Å²) in [6.07, 6.45) is -4.41. The van der Waals surface area contributed by atoms with Crippen molar-refractivity contribution in [2.75, 3.05) is 26.8 Å². The van der Waals surface area contributed by atoms with Gasteiger partial charge in [0.05, 0.1) is 6.54 Å². The Morgan fingerprint density at radius 3 is 2.46 bits per heavy atom. The van der Waals surface area contributed by atoms with Crippen LogP contribution in [0, 0.1) is 5.82 Å². The number of nitrogens with zero attached hydrogens (tertiary/aromatic N) is 1. The number of benzene rings is 2. The lowest BCUT2D eigenvalue weighted by Gasteiger charge is -2.18. The Morgan fingerprint density at radius 2 is 1.79 bits per heavy atom. The Morgan fingerprint density at radius 1 is 1.07 bits per heavy atom. The van der Waals surface area contributed by atoms with Crippen molar-refractivity contribution < 1.29 is 31.8 Å². The highest BCUT2D eigenvalue weighted by Gasteiger charge is 2.28. The summed E-state index contributed by atoms with van der Waals surface area (Å²) in [6.45, 7) is -0.737. The van der Waals surface area contributed by atoms with Crippen LogP contribution in [0.4, 0.5) is 22.4 Å². The molecule has 0 atom stereocenters. The third kappa shape index (κ3) is 7.73. The van der Waals surface area contributed by atoms with Crippen LogP contribution in [0.2, 0.25) is 0 Å². The zero-order valence-corrected chi connectivity index (χ0v) is 15.1. The van der Waals surface area contributed by atoms with Gasteiger partial charge in [0.1, 0.15) is 23.9 Å². The smallest absolute Gasteiger partial charge is 0.422 e. The number of hydrogen-bond acceptors (Lipinski definition) is 3. The van der Waals surface area contributed by atoms with Crippen molar-refractivity contribution in [1.82, 2.24) is 10.2 Å². The number of hydrogen-bond donors (Lipinski definition) is 1. The lowest BCUT2D eigenvalue weighted by Crippen LogP contribution is -2.39. The summed E-state index contributed by atoms with van der Waals surface area (Å²) >= 11 is 0. The Hall–Kier alpha value is -2.97. The molecule has 28 heavy (non-hydrogen) atoms. The fourth-order valence-corrected chi connectivity index (χ4v) is 2.16. The molecule has 2 rings (SSSR count). The van der Waals surface area contributed by atoms with Crippen LogP contribution in [0.25, 0.3) is 0 Å². The van der Waals surface area contributed by atoms with Crippen LogP contribution in [0.3, 0.4) is 0 Å². The molecule has 2 amide bonds. The van der Waals surface area contributed by atoms with Crippen molar-refractivity contribution in [2.24, 2.45) is 0 Å². The van der Waals surface area contributed by atoms with E-state index in [2.05, 4.69) is 10.1 Å². The molecule has 0 bridgehead atoms. The molecule has 5 nitrogen and oxygen atoms in total. The SMILES string of the molecule is CN(CCOc1ccc(F)cc1)C(=O)NCc1cccc(OCC(F)(F)F)c1. The standard InChI is InChI=1S/C19H20F4N2O3/c1-25(9-10-27-16-7-5-15(20)6-8-16)18(26)24-12-14-3-2-4-17(11-14)28-13-19(21,22)23/h2-8,11H,9-10,12-13H2,1H3,(H,24,26). The van der Waals surface area contributed by atoms with Crippen molar-refractivity contribution in [3.05, 3.63) is 59.9 Å². The van der Waals surface area contributed by atoms with Gasteiger partial charge in [-0.2, -0.15) is 13.2 Å². The minimum atomic E-state index is -4.41. The van der Waals surface area contributed by atoms with Crippen LogP contribution in [0.15, 0.2) is 48.5 Å². The number of alkyl halides is 3. The zero-order valence-electron chi connectivity index (χ0n) is 15.1. The van der Waals surface area contributed by atoms with E-state index in [1.54, 1.807) is 19.2 Å². The number of nitrogens with one attached hydrogen (secondary N) is 1. The van der Waals surface area contributed by atoms with Gasteiger partial charge in [-0.15, -0.1) is 0 Å². The molecule has 0 spiro atoms. The van der Waals surface area contributed by atoms with Gasteiger partial charge in [0, 0.05) is 13.6 Å². The lowest BCUT2D eigenvalue weighted by molar-refractivity contribution is -0.153. The third-order valence-corrected chi connectivity index (χ3v) is 3.60. The molecule has 0 aliphatic rings. The Labute approximate surface area is 159 Å². The molecule has 2 aromatic rings. The van der Waals surface area contributed by atoms with E-state index in [-0.39, 0.29) is 37.3 Å². The van der Waals surface area contributed by atoms with Crippen LogP contribution in [0.1, 0.15) is 5.56 Å². The maximum atomic E-state index is 12.8. The summed E-state index contributed by atoms with van der Waals surface area (Å²) < 4.78 is 59.5. The molecule has 0 aliphatic heterocycles. The maximum Gasteiger partial charge on any atom is 0.422 e. The first-order chi connectivity index (χ1) is 13.2. The molecule has 2 aromatic carbocycles. The average Bonchev–Trinajstić information content (AvgIpc) is 2.65. The summed E-state index contributed by atoms with van der Waals surface area (Å²) in [6, 6.07) is 11.2. The number of carbonyl (C=O) groups is 1. The lowest BCUT2D eigenvalue weighted by atomic mass is 10.2. The van der Waals surface area contributed by atoms with Crippen molar-refractivity contribution >= 4 is 6.03 Å². The molecule has 0 fully saturated rings. The van der Waals surface area contributed by atoms with Crippen LogP contribution >= 0.6 is 0 Å². The largest absolute Gasteiger partial charge is 0.492 e. The highest BCUT2D eigenvalue weighted by atomic mass is 19.4. The molecule has 0 aromatic heterocycles. The van der Waals surface area contributed by atoms with Crippen molar-refractivity contribution in [1.29, 1.82) is 0 Å². The molecule has 152 valence electrons. The van der Waals surface area contributed by atoms with Crippen LogP contribution in [0.5, 0.6) is 11.5 Å². The first-order valence-electron chi connectivity index (χ1n) is 8.39. The molecular weight excluding hydrogens is 380 g/mol. The van der Waals surface area contributed by atoms with Crippen molar-refractivity contribution in [2.45, 2.75) is 12.7 Å². The second-order valence-corrected chi connectivity index (χ2v) is 5.93. The van der Waals surface area contributed by atoms with E-state index in [1.807, 2.05) is 0 Å². The van der Waals surface area contributed by atoms with E-state index >= 15 is 0 Å². The van der Waals surface area contributed by atoms with Crippen molar-refractivity contribution in [3.63, 3.8) is 0 Å². The maximum absolute atomic E-state index is 12.8. The van der Waals surface area contributed by atoms with Gasteiger partial charge in [-0.25, -0.2) is 9.18 Å². The van der Waals surface area contributed by atoms with Gasteiger partial charge < -0.3 is 19.7 Å². The predicted molar refractivity (Wildman–Crippen MR) is 94.8 cm³/mol. The first-order valence-corrected chi connectivity index (χ1v) is 8.39. The van der Waals surface area contributed by atoms with Gasteiger partial charge in [-0.05, 0) is 42.0 Å². The molecule has 9 heteroatoms. The van der Waals surface area contributed by atoms with Gasteiger partial charge in [-0.3, -0.25) is 0 Å². The number of carbonyl (C=O) groups excluding carboxylic acids is 1. The molecule has 0 aliphatic carbocycles. The molecule has 0 radical (unpaired) electrons. The fraction of sp³-hybridized carbons (Fsp3) is 0.316. The molecule has 0 unspecified atom stereocenters. The number of amides is 2. The number of ether oxygens (including phenoxy) is 2. The second-order valence-electron chi connectivity index (χ2n) is 5.93. The second kappa shape index (κ2) is 9.82. The van der Waals surface area contributed by atoms with Crippen LogP contribution in [-0.4, -0.2) is 43.9 Å². The van der Waals surface area contributed by atoms with Gasteiger partial charge in [-0.1, -0.05) is 12.1 Å². The number of urea groups is 1. The molecule has 1 N–H and O–H groups in total. The van der Waals surface area contributed by atoms with Gasteiger partial charge in [0.15, 0.2) is 6.61 Å². The fourth-order valence-electron chi connectivity index (χ4n) is 2.16. The van der Waals surface area contributed by atoms with Gasteiger partial charge >= 0.3 is 12.2 Å². The quantitative estimate of drug-likeness (QED) is 0.682. The predicted octanol–water partition coefficient (Wildman–Crippen LogP) is 3.99. The monoisotopic (exact) mass is 400 g/mol. The highest BCUT2D eigenvalue weighted by Crippen LogP contribution is 2.19. The Bertz CT molecular complexity index is 767. The molecule has 0 saturated heterocycles. The summed E-state index contributed by atoms with van der Waals surface area (Å²) in [5.41, 5.74) is 0.601. The number of likely N-dealkylation sites (N-methyl/N-ethyl adjacent to an activating group) is 1. The minimum absolute atomic E-state index is 0.0742. The number of halogens is 4. The van der Waals surface area contributed by atoms with Crippen LogP contribution in [-0.2, 0) is 6.54 Å². The third-order valence-electron chi connectivity index (χ3n) is 3.60. The summed E-state index contributed by atoms with van der Waals surface area (Å²) in [4.78, 5) is 13.5. The highest BCUT2D eigenvalue weighted by molar-refractivity contribution is 5.73. The topological polar surface area (TPSA) is 50.8 Å². The number of rotatable bonds is 8. The van der Waals surface area contributed by atoms with E-state index in [0.29, 0.717) is 11.3 Å². The minimum Gasteiger partial charge on any atom is -0.492 e. The summed E-state index contributed by atoms with van der Waals surface area (Å²) in [5.74, 6) is 0.202. The zero-order chi connectivity index (χ0) is 20.6. The van der Waals surface area contributed by atoms with E-state index in [4.69, 9.17) is 4.74 Å². The van der Waals surface area contributed by atoms with Gasteiger partial charge in [0.25, 0.3) is 0 Å². The van der Waals surface area contributed by atoms with E-state index in [9.17, 15) is 22.4 Å². The normalized spacial score (nSPS) is 11.0. The Balaban J connectivity index is 1.74. The molecule has 0 saturated carbocycles. The van der Waals surface area contributed by atoms with E-state index in [0.717, 1.165) is 0 Å². The molecule has 0 heterocycles. The molecular formula is C19H20F4N2O3. The first kappa shape index (κ1) is 21.3. The van der Waals surface area contributed by atoms with Crippen molar-refractivity contribution in [3.8, 4) is 11.5 Å². The van der Waals surface area contributed by atoms with E-state index in [1.165, 1.54) is 41.3 Å².